The van der Waals surface area contributed by atoms with E-state index in [1.807, 2.05) is 0 Å². The van der Waals surface area contributed by atoms with Gasteiger partial charge in [0.25, 0.3) is 0 Å². The van der Waals surface area contributed by atoms with E-state index < -0.39 is 5.91 Å². The third-order valence-electron chi connectivity index (χ3n) is 0.717. The molecule has 0 saturated heterocycles. The first-order chi connectivity index (χ1) is 4.34. The van der Waals surface area contributed by atoms with Crippen molar-refractivity contribution in [2.24, 2.45) is 5.11 Å². The number of aromatic nitrogens is 1. The molecule has 1 amide bonds. The fraction of sp³-hybridized carbons (Fsp3) is 0. The average molecular weight is 141 g/mol. The van der Waals surface area contributed by atoms with Gasteiger partial charge in [0.2, 0.25) is 0 Å². The molecule has 4 nitrogen and oxygen atoms in total. The van der Waals surface area contributed by atoms with Gasteiger partial charge in [-0.1, -0.05) is 0 Å². The molecule has 0 spiro atoms. The minimum Gasteiger partial charge on any atom is -0.262 e. The van der Waals surface area contributed by atoms with Crippen molar-refractivity contribution in [1.82, 2.24) is 4.98 Å². The molecular weight excluding hydrogens is 138 g/mol. The summed E-state index contributed by atoms with van der Waals surface area (Å²) in [4.78, 5) is 14.1. The van der Waals surface area contributed by atoms with Crippen molar-refractivity contribution in [3.05, 3.63) is 16.6 Å². The highest BCUT2D eigenvalue weighted by atomic mass is 32.1. The highest BCUT2D eigenvalue weighted by Gasteiger charge is 2.03. The van der Waals surface area contributed by atoms with Crippen LogP contribution in [0.15, 0.2) is 16.7 Å². The zero-order valence-corrected chi connectivity index (χ0v) is 5.18. The zero-order valence-electron chi connectivity index (χ0n) is 4.37. The van der Waals surface area contributed by atoms with Gasteiger partial charge in [-0.3, -0.25) is 4.79 Å². The summed E-state index contributed by atoms with van der Waals surface area (Å²) in [7, 11) is 0. The lowest BCUT2D eigenvalue weighted by atomic mass is 10.7. The minimum atomic E-state index is -0.579. The first kappa shape index (κ1) is 6.03. The number of nitrogens with zero attached hydrogens (tertiary/aromatic N) is 2. The molecule has 1 rings (SSSR count). The van der Waals surface area contributed by atoms with Gasteiger partial charge >= 0.3 is 5.91 Å². The van der Waals surface area contributed by atoms with Gasteiger partial charge in [-0.25, -0.2) is 10.5 Å². The summed E-state index contributed by atoms with van der Waals surface area (Å²) in [6.07, 6.45) is 1.50. The third-order valence-corrected chi connectivity index (χ3v) is 1.48. The molecule has 0 atom stereocenters. The van der Waals surface area contributed by atoms with Gasteiger partial charge in [-0.2, -0.15) is 0 Å². The number of hydrogen-bond donors (Lipinski definition) is 1. The van der Waals surface area contributed by atoms with Crippen LogP contribution in [0.5, 0.6) is 0 Å². The van der Waals surface area contributed by atoms with Gasteiger partial charge in [-0.05, 0) is 0 Å². The Labute approximate surface area is 55.1 Å². The van der Waals surface area contributed by atoms with E-state index in [1.165, 1.54) is 17.5 Å². The van der Waals surface area contributed by atoms with Gasteiger partial charge in [0.05, 0.1) is 0 Å². The van der Waals surface area contributed by atoms with Crippen LogP contribution in [0.4, 0.5) is 0 Å². The van der Waals surface area contributed by atoms with Crippen LogP contribution in [-0.2, 0) is 0 Å². The molecule has 46 valence electrons. The SMILES string of the molecule is N=NC(=O)c1nccs1. The lowest BCUT2D eigenvalue weighted by molar-refractivity contribution is 0.0990. The Bertz CT molecular complexity index is 218. The van der Waals surface area contributed by atoms with E-state index in [9.17, 15) is 4.79 Å². The summed E-state index contributed by atoms with van der Waals surface area (Å²) >= 11 is 1.18. The lowest BCUT2D eigenvalue weighted by Gasteiger charge is -1.78. The fourth-order valence-corrected chi connectivity index (χ4v) is 0.896. The second-order valence-corrected chi connectivity index (χ2v) is 2.15. The summed E-state index contributed by atoms with van der Waals surface area (Å²) < 4.78 is 0. The van der Waals surface area contributed by atoms with Crippen molar-refractivity contribution in [3.8, 4) is 0 Å². The Kier molecular flexibility index (Phi) is 1.64. The lowest BCUT2D eigenvalue weighted by Crippen LogP contribution is -1.89. The fourth-order valence-electron chi connectivity index (χ4n) is 0.377. The van der Waals surface area contributed by atoms with Crippen LogP contribution in [0.25, 0.3) is 0 Å². The Balaban J connectivity index is 2.89. The molecule has 1 aromatic rings. The molecule has 0 aliphatic heterocycles. The van der Waals surface area contributed by atoms with Gasteiger partial charge in [0.1, 0.15) is 0 Å². The van der Waals surface area contributed by atoms with Crippen molar-refractivity contribution in [2.45, 2.75) is 0 Å². The van der Waals surface area contributed by atoms with Crippen molar-refractivity contribution in [2.75, 3.05) is 0 Å². The van der Waals surface area contributed by atoms with Crippen LogP contribution >= 0.6 is 11.3 Å². The maximum absolute atomic E-state index is 10.5. The quantitative estimate of drug-likeness (QED) is 0.599. The number of hydrogen-bond acceptors (Lipinski definition) is 4. The molecule has 1 aromatic heterocycles. The number of carbonyl (C=O) groups is 1. The Morgan fingerprint density at radius 3 is 3.11 bits per heavy atom. The highest BCUT2D eigenvalue weighted by Crippen LogP contribution is 2.04. The maximum Gasteiger partial charge on any atom is 0.323 e. The second-order valence-electron chi connectivity index (χ2n) is 1.25. The molecule has 0 aliphatic carbocycles. The van der Waals surface area contributed by atoms with Crippen LogP contribution in [0.3, 0.4) is 0 Å². The van der Waals surface area contributed by atoms with Crippen molar-refractivity contribution in [1.29, 1.82) is 5.53 Å². The maximum atomic E-state index is 10.5. The van der Waals surface area contributed by atoms with E-state index in [-0.39, 0.29) is 5.01 Å². The van der Waals surface area contributed by atoms with Gasteiger partial charge in [-0.15, -0.1) is 16.5 Å². The van der Waals surface area contributed by atoms with Crippen LogP contribution in [0.1, 0.15) is 9.80 Å². The van der Waals surface area contributed by atoms with E-state index in [4.69, 9.17) is 5.53 Å². The first-order valence-electron chi connectivity index (χ1n) is 2.16. The van der Waals surface area contributed by atoms with Crippen LogP contribution in [-0.4, -0.2) is 10.9 Å². The second kappa shape index (κ2) is 2.45. The molecule has 1 N–H and O–H groups in total. The minimum absolute atomic E-state index is 0.269. The molecule has 1 heterocycles. The predicted molar refractivity (Wildman–Crippen MR) is 31.6 cm³/mol. The van der Waals surface area contributed by atoms with Crippen LogP contribution in [0.2, 0.25) is 0 Å². The molecule has 5 heteroatoms. The third kappa shape index (κ3) is 1.17. The molecule has 0 unspecified atom stereocenters. The molecule has 0 fully saturated rings. The molecule has 9 heavy (non-hydrogen) atoms. The topological polar surface area (TPSA) is 66.2 Å². The van der Waals surface area contributed by atoms with E-state index in [0.29, 0.717) is 0 Å². The number of carbonyl (C=O) groups excluding carboxylic acids is 1. The van der Waals surface area contributed by atoms with Crippen molar-refractivity contribution < 1.29 is 4.79 Å². The normalized spacial score (nSPS) is 8.89. The number of rotatable bonds is 1. The molecule has 0 aliphatic rings. The van der Waals surface area contributed by atoms with Crippen molar-refractivity contribution >= 4 is 17.2 Å². The Morgan fingerprint density at radius 1 is 1.89 bits per heavy atom. The Hall–Kier alpha value is -1.10. The Morgan fingerprint density at radius 2 is 2.67 bits per heavy atom. The number of thiazole rings is 1. The smallest absolute Gasteiger partial charge is 0.262 e. The highest BCUT2D eigenvalue weighted by molar-refractivity contribution is 7.11. The summed E-state index contributed by atoms with van der Waals surface area (Å²) in [5, 5.41) is 4.62. The zero-order chi connectivity index (χ0) is 6.69. The monoisotopic (exact) mass is 141 g/mol. The predicted octanol–water partition coefficient (Wildman–Crippen LogP) is 1.31. The van der Waals surface area contributed by atoms with Gasteiger partial charge in [0, 0.05) is 11.6 Å². The summed E-state index contributed by atoms with van der Waals surface area (Å²) in [5.74, 6) is -0.579. The molecule has 0 saturated carbocycles. The number of amides is 1. The number of nitrogens with one attached hydrogen (secondary N) is 1. The van der Waals surface area contributed by atoms with E-state index in [2.05, 4.69) is 10.1 Å². The van der Waals surface area contributed by atoms with Gasteiger partial charge < -0.3 is 0 Å². The summed E-state index contributed by atoms with van der Waals surface area (Å²) in [5.41, 5.74) is 6.33. The van der Waals surface area contributed by atoms with Crippen molar-refractivity contribution in [3.63, 3.8) is 0 Å². The average Bonchev–Trinajstić information content (AvgIpc) is 2.37. The van der Waals surface area contributed by atoms with Gasteiger partial charge in [0.15, 0.2) is 5.01 Å². The van der Waals surface area contributed by atoms with Crippen LogP contribution in [0, 0.1) is 5.53 Å². The van der Waals surface area contributed by atoms with E-state index >= 15 is 0 Å². The first-order valence-corrected chi connectivity index (χ1v) is 3.04. The molecule has 0 bridgehead atoms. The largest absolute Gasteiger partial charge is 0.323 e. The van der Waals surface area contributed by atoms with E-state index in [1.54, 1.807) is 5.38 Å². The summed E-state index contributed by atoms with van der Waals surface area (Å²) in [6.45, 7) is 0. The molecule has 0 aromatic carbocycles. The van der Waals surface area contributed by atoms with Crippen LogP contribution < -0.4 is 0 Å². The van der Waals surface area contributed by atoms with E-state index in [0.717, 1.165) is 0 Å². The molecular formula is C4H3N3OS. The summed E-state index contributed by atoms with van der Waals surface area (Å²) in [6, 6.07) is 0. The standard InChI is InChI=1S/C4H3N3OS/c5-7-3(8)4-6-1-2-9-4/h1-2,5H. The molecule has 0 radical (unpaired) electrons.